The quantitative estimate of drug-likeness (QED) is 0.757. The number of halogens is 2. The molecule has 1 saturated heterocycles. The number of amides is 1. The predicted molar refractivity (Wildman–Crippen MR) is 95.9 cm³/mol. The van der Waals surface area contributed by atoms with Crippen molar-refractivity contribution in [3.05, 3.63) is 71.8 Å². The fraction of sp³-hybridized carbons (Fsp3) is 0.333. The number of nitrogens with one attached hydrogen (secondary N) is 1. The monoisotopic (exact) mass is 373 g/mol. The highest BCUT2D eigenvalue weighted by atomic mass is 19.3. The van der Waals surface area contributed by atoms with Crippen molar-refractivity contribution in [3.8, 4) is 0 Å². The summed E-state index contributed by atoms with van der Waals surface area (Å²) >= 11 is 0. The van der Waals surface area contributed by atoms with Crippen molar-refractivity contribution in [1.82, 2.24) is 5.32 Å². The van der Waals surface area contributed by atoms with Gasteiger partial charge in [-0.15, -0.1) is 0 Å². The topological polar surface area (TPSA) is 55.4 Å². The second kappa shape index (κ2) is 8.29. The van der Waals surface area contributed by atoms with E-state index in [2.05, 4.69) is 5.32 Å². The third kappa shape index (κ3) is 5.12. The van der Waals surface area contributed by atoms with Gasteiger partial charge >= 0.3 is 5.97 Å². The van der Waals surface area contributed by atoms with Crippen LogP contribution < -0.4 is 5.32 Å². The lowest BCUT2D eigenvalue weighted by molar-refractivity contribution is -0.153. The van der Waals surface area contributed by atoms with Gasteiger partial charge in [-0.2, -0.15) is 0 Å². The maximum absolute atomic E-state index is 14.5. The molecule has 4 nitrogen and oxygen atoms in total. The summed E-state index contributed by atoms with van der Waals surface area (Å²) < 4.78 is 34.2. The Morgan fingerprint density at radius 1 is 1.04 bits per heavy atom. The van der Waals surface area contributed by atoms with Crippen LogP contribution in [0.15, 0.2) is 60.7 Å². The van der Waals surface area contributed by atoms with Gasteiger partial charge in [-0.3, -0.25) is 9.59 Å². The summed E-state index contributed by atoms with van der Waals surface area (Å²) in [7, 11) is 0. The molecule has 1 fully saturated rings. The summed E-state index contributed by atoms with van der Waals surface area (Å²) in [6.45, 7) is 0.0794. The molecule has 2 aromatic carbocycles. The van der Waals surface area contributed by atoms with Crippen LogP contribution in [0.5, 0.6) is 0 Å². The Hall–Kier alpha value is -2.76. The molecule has 1 N–H and O–H groups in total. The highest BCUT2D eigenvalue weighted by molar-refractivity contribution is 5.89. The lowest BCUT2D eigenvalue weighted by Crippen LogP contribution is -2.33. The van der Waals surface area contributed by atoms with E-state index in [1.807, 2.05) is 18.2 Å². The number of hydrogen-bond acceptors (Lipinski definition) is 3. The van der Waals surface area contributed by atoms with Gasteiger partial charge in [0.05, 0.1) is 11.8 Å². The third-order valence-electron chi connectivity index (χ3n) is 4.67. The van der Waals surface area contributed by atoms with Gasteiger partial charge in [0.2, 0.25) is 5.91 Å². The van der Waals surface area contributed by atoms with E-state index in [1.165, 1.54) is 0 Å². The minimum Gasteiger partial charge on any atom is -0.461 e. The Kier molecular flexibility index (Phi) is 5.84. The van der Waals surface area contributed by atoms with Crippen molar-refractivity contribution in [1.29, 1.82) is 0 Å². The van der Waals surface area contributed by atoms with Crippen molar-refractivity contribution < 1.29 is 23.1 Å². The smallest absolute Gasteiger partial charge is 0.311 e. The summed E-state index contributed by atoms with van der Waals surface area (Å²) in [5.41, 5.74) is 1.29. The number of ether oxygens (including phenoxy) is 1. The number of carbonyl (C=O) groups is 2. The Labute approximate surface area is 156 Å². The van der Waals surface area contributed by atoms with Crippen molar-refractivity contribution in [2.24, 2.45) is 11.8 Å². The predicted octanol–water partition coefficient (Wildman–Crippen LogP) is 3.36. The van der Waals surface area contributed by atoms with Crippen LogP contribution in [0, 0.1) is 11.8 Å². The van der Waals surface area contributed by atoms with Gasteiger partial charge in [0.1, 0.15) is 6.61 Å². The van der Waals surface area contributed by atoms with E-state index in [0.717, 1.165) is 5.56 Å². The normalized spacial score (nSPS) is 19.6. The lowest BCUT2D eigenvalue weighted by Gasteiger charge is -2.22. The lowest BCUT2D eigenvalue weighted by atomic mass is 9.88. The third-order valence-corrected chi connectivity index (χ3v) is 4.67. The van der Waals surface area contributed by atoms with Gasteiger partial charge in [0.25, 0.3) is 5.92 Å². The zero-order chi connectivity index (χ0) is 19.3. The van der Waals surface area contributed by atoms with E-state index in [9.17, 15) is 18.4 Å². The molecule has 1 aliphatic rings. The molecule has 1 unspecified atom stereocenters. The van der Waals surface area contributed by atoms with Crippen LogP contribution in [0.1, 0.15) is 17.5 Å². The molecular formula is C21H21F2NO3. The average Bonchev–Trinajstić information content (AvgIpc) is 3.01. The molecule has 142 valence electrons. The number of rotatable bonds is 7. The summed E-state index contributed by atoms with van der Waals surface area (Å²) in [5.74, 6) is -6.23. The van der Waals surface area contributed by atoms with E-state index >= 15 is 0 Å². The first-order valence-corrected chi connectivity index (χ1v) is 8.85. The molecule has 2 aromatic rings. The summed E-state index contributed by atoms with van der Waals surface area (Å²) in [5, 5.41) is 2.51. The summed E-state index contributed by atoms with van der Waals surface area (Å²) in [6, 6.07) is 17.5. The number of benzene rings is 2. The fourth-order valence-electron chi connectivity index (χ4n) is 3.27. The second-order valence-electron chi connectivity index (χ2n) is 6.77. The van der Waals surface area contributed by atoms with Crippen LogP contribution in [0.25, 0.3) is 0 Å². The molecule has 1 amide bonds. The van der Waals surface area contributed by atoms with Gasteiger partial charge in [0.15, 0.2) is 0 Å². The van der Waals surface area contributed by atoms with Crippen LogP contribution in [0.2, 0.25) is 0 Å². The number of hydrogen-bond donors (Lipinski definition) is 1. The Bertz CT molecular complexity index is 781. The van der Waals surface area contributed by atoms with Crippen LogP contribution in [0.4, 0.5) is 8.78 Å². The van der Waals surface area contributed by atoms with Gasteiger partial charge in [0, 0.05) is 19.4 Å². The molecule has 0 saturated carbocycles. The van der Waals surface area contributed by atoms with Crippen molar-refractivity contribution >= 4 is 11.9 Å². The highest BCUT2D eigenvalue weighted by Crippen LogP contribution is 2.34. The number of esters is 1. The molecule has 0 spiro atoms. The first-order valence-electron chi connectivity index (χ1n) is 8.85. The Morgan fingerprint density at radius 2 is 1.63 bits per heavy atom. The van der Waals surface area contributed by atoms with Gasteiger partial charge < -0.3 is 10.1 Å². The number of carbonyl (C=O) groups excluding carboxylic acids is 2. The molecule has 0 bridgehead atoms. The molecule has 2 atom stereocenters. The first kappa shape index (κ1) is 19.0. The van der Waals surface area contributed by atoms with Crippen LogP contribution in [-0.4, -0.2) is 24.3 Å². The van der Waals surface area contributed by atoms with Crippen LogP contribution >= 0.6 is 0 Å². The molecular weight excluding hydrogens is 352 g/mol. The van der Waals surface area contributed by atoms with Gasteiger partial charge in [-0.1, -0.05) is 60.7 Å². The zero-order valence-electron chi connectivity index (χ0n) is 14.7. The summed E-state index contributed by atoms with van der Waals surface area (Å²) in [6.07, 6.45) is -1.15. The minimum absolute atomic E-state index is 0.0263. The minimum atomic E-state index is -3.09. The molecule has 0 aliphatic carbocycles. The Balaban J connectivity index is 1.62. The standard InChI is InChI=1S/C21H21F2NO3/c22-21(23,11-15-7-3-1-4-8-15)12-17-18(13-24-19(17)25)20(26)27-14-16-9-5-2-6-10-16/h1-10,17-18H,11-14H2,(H,24,25)/t17?,18-/m1/s1. The van der Waals surface area contributed by atoms with Crippen molar-refractivity contribution in [2.45, 2.75) is 25.4 Å². The molecule has 1 heterocycles. The maximum atomic E-state index is 14.5. The van der Waals surface area contributed by atoms with Crippen LogP contribution in [-0.2, 0) is 27.4 Å². The highest BCUT2D eigenvalue weighted by Gasteiger charge is 2.46. The molecule has 27 heavy (non-hydrogen) atoms. The fourth-order valence-corrected chi connectivity index (χ4v) is 3.27. The summed E-state index contributed by atoms with van der Waals surface area (Å²) in [4.78, 5) is 24.4. The number of alkyl halides is 2. The molecule has 0 aromatic heterocycles. The largest absolute Gasteiger partial charge is 0.461 e. The van der Waals surface area contributed by atoms with E-state index in [1.54, 1.807) is 42.5 Å². The van der Waals surface area contributed by atoms with E-state index in [4.69, 9.17) is 4.74 Å². The van der Waals surface area contributed by atoms with E-state index < -0.39 is 42.5 Å². The first-order chi connectivity index (χ1) is 12.9. The SMILES string of the molecule is O=C1NC[C@@H](C(=O)OCc2ccccc2)C1CC(F)(F)Cc1ccccc1. The van der Waals surface area contributed by atoms with Crippen LogP contribution in [0.3, 0.4) is 0 Å². The zero-order valence-corrected chi connectivity index (χ0v) is 14.7. The average molecular weight is 373 g/mol. The van der Waals surface area contributed by atoms with E-state index in [-0.39, 0.29) is 13.2 Å². The molecule has 6 heteroatoms. The molecule has 1 aliphatic heterocycles. The van der Waals surface area contributed by atoms with Gasteiger partial charge in [-0.05, 0) is 11.1 Å². The molecule has 3 rings (SSSR count). The second-order valence-corrected chi connectivity index (χ2v) is 6.77. The molecule has 0 radical (unpaired) electrons. The van der Waals surface area contributed by atoms with Crippen molar-refractivity contribution in [2.75, 3.05) is 6.54 Å². The van der Waals surface area contributed by atoms with Crippen molar-refractivity contribution in [3.63, 3.8) is 0 Å². The van der Waals surface area contributed by atoms with E-state index in [0.29, 0.717) is 5.56 Å². The Morgan fingerprint density at radius 3 is 2.26 bits per heavy atom. The van der Waals surface area contributed by atoms with Gasteiger partial charge in [-0.25, -0.2) is 8.78 Å². The maximum Gasteiger partial charge on any atom is 0.311 e.